The van der Waals surface area contributed by atoms with Crippen LogP contribution in [-0.4, -0.2) is 33.1 Å². The third-order valence-corrected chi connectivity index (χ3v) is 2.71. The van der Waals surface area contributed by atoms with Gasteiger partial charge in [-0.15, -0.1) is 0 Å². The van der Waals surface area contributed by atoms with Crippen molar-refractivity contribution in [3.05, 3.63) is 11.6 Å². The minimum absolute atomic E-state index is 0.145. The van der Waals surface area contributed by atoms with Gasteiger partial charge in [0.15, 0.2) is 0 Å². The Bertz CT molecular complexity index is 247. The molecule has 0 aliphatic heterocycles. The van der Waals surface area contributed by atoms with E-state index in [0.29, 0.717) is 13.2 Å². The molecule has 0 aromatic heterocycles. The van der Waals surface area contributed by atoms with Gasteiger partial charge in [-0.25, -0.2) is 0 Å². The van der Waals surface area contributed by atoms with Gasteiger partial charge in [0.25, 0.3) is 0 Å². The first kappa shape index (κ1) is 13.2. The van der Waals surface area contributed by atoms with Crippen molar-refractivity contribution in [1.82, 2.24) is 0 Å². The third-order valence-electron chi connectivity index (χ3n) is 2.71. The van der Waals surface area contributed by atoms with E-state index in [-0.39, 0.29) is 12.1 Å². The smallest absolute Gasteiger partial charge is 0.305 e. The fourth-order valence-corrected chi connectivity index (χ4v) is 1.88. The van der Waals surface area contributed by atoms with Gasteiger partial charge in [0.1, 0.15) is 6.79 Å². The fraction of sp³-hybridized carbons (Fsp3) is 0.750. The summed E-state index contributed by atoms with van der Waals surface area (Å²) >= 11 is 0. The summed E-state index contributed by atoms with van der Waals surface area (Å²) in [5.74, 6) is -0.145. The maximum Gasteiger partial charge on any atom is 0.305 e. The molecule has 1 rings (SSSR count). The normalized spacial score (nSPS) is 19.6. The molecule has 1 atom stereocenters. The molecule has 0 fully saturated rings. The predicted molar refractivity (Wildman–Crippen MR) is 59.9 cm³/mol. The predicted octanol–water partition coefficient (Wildman–Crippen LogP) is 2.04. The Hall–Kier alpha value is -0.870. The van der Waals surface area contributed by atoms with E-state index >= 15 is 0 Å². The van der Waals surface area contributed by atoms with Gasteiger partial charge in [-0.3, -0.25) is 4.79 Å². The molecule has 0 N–H and O–H groups in total. The average molecular weight is 228 g/mol. The quantitative estimate of drug-likeness (QED) is 0.380. The van der Waals surface area contributed by atoms with E-state index in [1.54, 1.807) is 7.11 Å². The van der Waals surface area contributed by atoms with E-state index in [1.807, 2.05) is 0 Å². The second-order valence-electron chi connectivity index (χ2n) is 3.85. The second kappa shape index (κ2) is 7.41. The second-order valence-corrected chi connectivity index (χ2v) is 3.85. The molecule has 0 radical (unpaired) electrons. The van der Waals surface area contributed by atoms with Crippen LogP contribution < -0.4 is 0 Å². The summed E-state index contributed by atoms with van der Waals surface area (Å²) in [7, 11) is 3.04. The van der Waals surface area contributed by atoms with E-state index in [2.05, 4.69) is 10.8 Å². The van der Waals surface area contributed by atoms with Crippen molar-refractivity contribution in [3.8, 4) is 0 Å². The number of ether oxygens (including phenoxy) is 3. The number of carbonyl (C=O) groups excluding carboxylic acids is 1. The maximum atomic E-state index is 10.9. The van der Waals surface area contributed by atoms with Crippen LogP contribution >= 0.6 is 0 Å². The highest BCUT2D eigenvalue weighted by Crippen LogP contribution is 2.26. The molecule has 4 heteroatoms. The SMILES string of the molecule is COCOC1CCC=C1CCCC(=O)OC. The number of esters is 1. The van der Waals surface area contributed by atoms with E-state index in [0.717, 1.165) is 25.7 Å². The van der Waals surface area contributed by atoms with Crippen molar-refractivity contribution >= 4 is 5.97 Å². The zero-order valence-corrected chi connectivity index (χ0v) is 10.0. The number of rotatable bonds is 7. The molecule has 92 valence electrons. The molecule has 0 saturated carbocycles. The van der Waals surface area contributed by atoms with E-state index in [4.69, 9.17) is 9.47 Å². The van der Waals surface area contributed by atoms with Crippen molar-refractivity contribution in [2.45, 2.75) is 38.2 Å². The van der Waals surface area contributed by atoms with Crippen LogP contribution in [0.25, 0.3) is 0 Å². The summed E-state index contributed by atoms with van der Waals surface area (Å²) in [6.45, 7) is 0.332. The minimum Gasteiger partial charge on any atom is -0.469 e. The van der Waals surface area contributed by atoms with Crippen LogP contribution in [-0.2, 0) is 19.0 Å². The average Bonchev–Trinajstić information content (AvgIpc) is 2.73. The summed E-state index contributed by atoms with van der Waals surface area (Å²) in [5, 5.41) is 0. The maximum absolute atomic E-state index is 10.9. The lowest BCUT2D eigenvalue weighted by Gasteiger charge is -2.15. The molecule has 0 aromatic rings. The molecule has 0 spiro atoms. The van der Waals surface area contributed by atoms with Crippen molar-refractivity contribution in [3.63, 3.8) is 0 Å². The van der Waals surface area contributed by atoms with E-state index in [1.165, 1.54) is 12.7 Å². The van der Waals surface area contributed by atoms with E-state index < -0.39 is 0 Å². The number of methoxy groups -OCH3 is 2. The first-order valence-corrected chi connectivity index (χ1v) is 5.64. The van der Waals surface area contributed by atoms with Crippen LogP contribution in [0.15, 0.2) is 11.6 Å². The lowest BCUT2D eigenvalue weighted by atomic mass is 10.1. The molecular weight excluding hydrogens is 208 g/mol. The van der Waals surface area contributed by atoms with Crippen molar-refractivity contribution in [2.24, 2.45) is 0 Å². The third kappa shape index (κ3) is 4.33. The zero-order valence-electron chi connectivity index (χ0n) is 10.0. The van der Waals surface area contributed by atoms with Crippen molar-refractivity contribution < 1.29 is 19.0 Å². The Morgan fingerprint density at radius 2 is 2.31 bits per heavy atom. The minimum atomic E-state index is -0.145. The van der Waals surface area contributed by atoms with Gasteiger partial charge in [-0.2, -0.15) is 0 Å². The molecule has 1 unspecified atom stereocenters. The Morgan fingerprint density at radius 3 is 3.00 bits per heavy atom. The largest absolute Gasteiger partial charge is 0.469 e. The van der Waals surface area contributed by atoms with Crippen molar-refractivity contribution in [2.75, 3.05) is 21.0 Å². The van der Waals surface area contributed by atoms with Gasteiger partial charge in [-0.05, 0) is 31.3 Å². The summed E-state index contributed by atoms with van der Waals surface area (Å²) < 4.78 is 15.0. The van der Waals surface area contributed by atoms with Crippen LogP contribution in [0.3, 0.4) is 0 Å². The number of hydrogen-bond donors (Lipinski definition) is 0. The zero-order chi connectivity index (χ0) is 11.8. The van der Waals surface area contributed by atoms with Crippen LogP contribution in [0.2, 0.25) is 0 Å². The summed E-state index contributed by atoms with van der Waals surface area (Å²) in [6, 6.07) is 0. The number of carbonyl (C=O) groups is 1. The molecule has 1 aliphatic rings. The summed E-state index contributed by atoms with van der Waals surface area (Å²) in [6.07, 6.45) is 6.67. The lowest BCUT2D eigenvalue weighted by Crippen LogP contribution is -2.14. The Morgan fingerprint density at radius 1 is 1.50 bits per heavy atom. The number of allylic oxidation sites excluding steroid dienone is 1. The Labute approximate surface area is 96.6 Å². The molecule has 0 bridgehead atoms. The summed E-state index contributed by atoms with van der Waals surface area (Å²) in [4.78, 5) is 10.9. The first-order valence-electron chi connectivity index (χ1n) is 5.64. The molecular formula is C12H20O4. The molecule has 0 saturated heterocycles. The van der Waals surface area contributed by atoms with Gasteiger partial charge >= 0.3 is 5.97 Å². The van der Waals surface area contributed by atoms with Gasteiger partial charge < -0.3 is 14.2 Å². The molecule has 4 nitrogen and oxygen atoms in total. The summed E-state index contributed by atoms with van der Waals surface area (Å²) in [5.41, 5.74) is 1.29. The molecule has 0 amide bonds. The van der Waals surface area contributed by atoms with Gasteiger partial charge in [0, 0.05) is 13.5 Å². The fourth-order valence-electron chi connectivity index (χ4n) is 1.88. The molecule has 0 aromatic carbocycles. The van der Waals surface area contributed by atoms with Crippen LogP contribution in [0, 0.1) is 0 Å². The lowest BCUT2D eigenvalue weighted by molar-refractivity contribution is -0.140. The van der Waals surface area contributed by atoms with Gasteiger partial charge in [-0.1, -0.05) is 6.08 Å². The topological polar surface area (TPSA) is 44.8 Å². The Kier molecular flexibility index (Phi) is 6.11. The molecule has 0 heterocycles. The van der Waals surface area contributed by atoms with Gasteiger partial charge in [0.05, 0.1) is 13.2 Å². The van der Waals surface area contributed by atoms with Crippen LogP contribution in [0.5, 0.6) is 0 Å². The van der Waals surface area contributed by atoms with Crippen LogP contribution in [0.4, 0.5) is 0 Å². The Balaban J connectivity index is 2.22. The van der Waals surface area contributed by atoms with Crippen molar-refractivity contribution in [1.29, 1.82) is 0 Å². The highest BCUT2D eigenvalue weighted by molar-refractivity contribution is 5.69. The molecule has 1 aliphatic carbocycles. The van der Waals surface area contributed by atoms with E-state index in [9.17, 15) is 4.79 Å². The monoisotopic (exact) mass is 228 g/mol. The molecule has 16 heavy (non-hydrogen) atoms. The van der Waals surface area contributed by atoms with Gasteiger partial charge in [0.2, 0.25) is 0 Å². The highest BCUT2D eigenvalue weighted by atomic mass is 16.7. The van der Waals surface area contributed by atoms with Crippen LogP contribution in [0.1, 0.15) is 32.1 Å². The standard InChI is InChI=1S/C12H20O4/c1-14-9-16-11-7-3-5-10(11)6-4-8-12(13)15-2/h5,11H,3-4,6-9H2,1-2H3. The number of hydrogen-bond acceptors (Lipinski definition) is 4. The first-order chi connectivity index (χ1) is 7.77. The highest BCUT2D eigenvalue weighted by Gasteiger charge is 2.19.